The predicted octanol–water partition coefficient (Wildman–Crippen LogP) is 2.58. The molecule has 0 aliphatic carbocycles. The van der Waals surface area contributed by atoms with Gasteiger partial charge < -0.3 is 19.5 Å². The minimum atomic E-state index is -0.528. The molecule has 0 aliphatic heterocycles. The number of amides is 2. The summed E-state index contributed by atoms with van der Waals surface area (Å²) in [5.41, 5.74) is 3.60. The Morgan fingerprint density at radius 2 is 1.71 bits per heavy atom. The van der Waals surface area contributed by atoms with Crippen molar-refractivity contribution < 1.29 is 23.8 Å². The zero-order valence-electron chi connectivity index (χ0n) is 16.0. The number of rotatable bonds is 9. The third-order valence-corrected chi connectivity index (χ3v) is 3.58. The molecule has 0 radical (unpaired) electrons. The van der Waals surface area contributed by atoms with Crippen LogP contribution < -0.4 is 25.0 Å². The van der Waals surface area contributed by atoms with Crippen LogP contribution in [-0.4, -0.2) is 38.9 Å². The molecule has 148 valence electrons. The van der Waals surface area contributed by atoms with Gasteiger partial charge >= 0.3 is 0 Å². The van der Waals surface area contributed by atoms with E-state index in [0.717, 1.165) is 0 Å². The largest absolute Gasteiger partial charge is 0.494 e. The number of ether oxygens (including phenoxy) is 3. The topological polar surface area (TPSA) is 98.2 Å². The molecule has 0 saturated carbocycles. The van der Waals surface area contributed by atoms with E-state index >= 15 is 0 Å². The molecule has 2 amide bonds. The van der Waals surface area contributed by atoms with E-state index < -0.39 is 11.8 Å². The Morgan fingerprint density at radius 3 is 2.36 bits per heavy atom. The monoisotopic (exact) mass is 385 g/mol. The van der Waals surface area contributed by atoms with Crippen LogP contribution in [0.5, 0.6) is 17.2 Å². The highest BCUT2D eigenvalue weighted by atomic mass is 16.5. The molecule has 0 atom stereocenters. The van der Waals surface area contributed by atoms with E-state index in [0.29, 0.717) is 35.1 Å². The molecule has 0 heterocycles. The summed E-state index contributed by atoms with van der Waals surface area (Å²) in [7, 11) is 3.08. The molecule has 28 heavy (non-hydrogen) atoms. The average Bonchev–Trinajstić information content (AvgIpc) is 2.69. The Hall–Kier alpha value is -3.55. The number of anilines is 1. The average molecular weight is 385 g/mol. The maximum absolute atomic E-state index is 11.9. The minimum absolute atomic E-state index is 0.351. The van der Waals surface area contributed by atoms with Gasteiger partial charge in [-0.15, -0.1) is 0 Å². The molecule has 0 spiro atoms. The van der Waals surface area contributed by atoms with E-state index in [1.165, 1.54) is 13.3 Å². The van der Waals surface area contributed by atoms with E-state index in [-0.39, 0.29) is 6.42 Å². The van der Waals surface area contributed by atoms with Crippen LogP contribution in [0.2, 0.25) is 0 Å². The zero-order chi connectivity index (χ0) is 20.4. The Kier molecular flexibility index (Phi) is 7.83. The van der Waals surface area contributed by atoms with Gasteiger partial charge in [-0.3, -0.25) is 9.59 Å². The predicted molar refractivity (Wildman–Crippen MR) is 106 cm³/mol. The van der Waals surface area contributed by atoms with Crippen LogP contribution in [0.4, 0.5) is 5.69 Å². The third-order valence-electron chi connectivity index (χ3n) is 3.58. The van der Waals surface area contributed by atoms with Gasteiger partial charge in [0.15, 0.2) is 11.5 Å². The fourth-order valence-electron chi connectivity index (χ4n) is 2.30. The second-order valence-corrected chi connectivity index (χ2v) is 5.59. The summed E-state index contributed by atoms with van der Waals surface area (Å²) in [4.78, 5) is 23.8. The molecular formula is C20H23N3O5. The first kappa shape index (κ1) is 20.8. The first-order chi connectivity index (χ1) is 13.5. The normalized spacial score (nSPS) is 10.4. The fraction of sp³-hybridized carbons (Fsp3) is 0.250. The number of methoxy groups -OCH3 is 2. The minimum Gasteiger partial charge on any atom is -0.494 e. The van der Waals surface area contributed by atoms with Crippen LogP contribution in [-0.2, 0) is 9.59 Å². The van der Waals surface area contributed by atoms with Gasteiger partial charge in [0, 0.05) is 5.69 Å². The lowest BCUT2D eigenvalue weighted by atomic mass is 10.2. The van der Waals surface area contributed by atoms with Crippen molar-refractivity contribution >= 4 is 23.7 Å². The van der Waals surface area contributed by atoms with Crippen molar-refractivity contribution in [1.82, 2.24) is 5.43 Å². The quantitative estimate of drug-likeness (QED) is 0.393. The second kappa shape index (κ2) is 10.6. The van der Waals surface area contributed by atoms with Crippen molar-refractivity contribution in [3.05, 3.63) is 48.0 Å². The summed E-state index contributed by atoms with van der Waals surface area (Å²) in [5.74, 6) is 0.882. The summed E-state index contributed by atoms with van der Waals surface area (Å²) >= 11 is 0. The smallest absolute Gasteiger partial charge is 0.249 e. The highest BCUT2D eigenvalue weighted by Crippen LogP contribution is 2.26. The number of hydrazone groups is 1. The fourth-order valence-corrected chi connectivity index (χ4v) is 2.30. The standard InChI is InChI=1S/C20H23N3O5/c1-4-28-16-8-6-15(7-9-16)22-19(24)12-20(25)23-21-13-14-5-10-17(26-2)18(11-14)27-3/h5-11,13H,4,12H2,1-3H3,(H,22,24)(H,23,25). The van der Waals surface area contributed by atoms with Gasteiger partial charge in [0.05, 0.1) is 27.0 Å². The maximum atomic E-state index is 11.9. The van der Waals surface area contributed by atoms with Crippen LogP contribution >= 0.6 is 0 Å². The number of carbonyl (C=O) groups excluding carboxylic acids is 2. The number of carbonyl (C=O) groups is 2. The Morgan fingerprint density at radius 1 is 1.00 bits per heavy atom. The van der Waals surface area contributed by atoms with Crippen molar-refractivity contribution in [2.24, 2.45) is 5.10 Å². The maximum Gasteiger partial charge on any atom is 0.249 e. The van der Waals surface area contributed by atoms with Crippen LogP contribution in [0.3, 0.4) is 0 Å². The van der Waals surface area contributed by atoms with E-state index in [2.05, 4.69) is 15.8 Å². The van der Waals surface area contributed by atoms with Gasteiger partial charge in [-0.25, -0.2) is 5.43 Å². The van der Waals surface area contributed by atoms with Crippen LogP contribution in [0.1, 0.15) is 18.9 Å². The van der Waals surface area contributed by atoms with E-state index in [1.807, 2.05) is 6.92 Å². The summed E-state index contributed by atoms with van der Waals surface area (Å²) in [5, 5.41) is 6.49. The molecule has 8 nitrogen and oxygen atoms in total. The molecule has 0 bridgehead atoms. The number of hydrogen-bond donors (Lipinski definition) is 2. The first-order valence-electron chi connectivity index (χ1n) is 8.62. The Bertz CT molecular complexity index is 834. The number of hydrogen-bond acceptors (Lipinski definition) is 6. The van der Waals surface area contributed by atoms with Crippen molar-refractivity contribution in [2.75, 3.05) is 26.1 Å². The highest BCUT2D eigenvalue weighted by Gasteiger charge is 2.09. The molecule has 0 fully saturated rings. The van der Waals surface area contributed by atoms with Gasteiger partial charge in [0.1, 0.15) is 12.2 Å². The van der Waals surface area contributed by atoms with Crippen molar-refractivity contribution in [3.63, 3.8) is 0 Å². The molecule has 2 aromatic carbocycles. The molecule has 2 aromatic rings. The molecule has 0 unspecified atom stereocenters. The van der Waals surface area contributed by atoms with Gasteiger partial charge in [0.2, 0.25) is 11.8 Å². The summed E-state index contributed by atoms with van der Waals surface area (Å²) in [6.07, 6.45) is 1.10. The van der Waals surface area contributed by atoms with Gasteiger partial charge in [-0.05, 0) is 55.0 Å². The van der Waals surface area contributed by atoms with Crippen LogP contribution in [0.25, 0.3) is 0 Å². The molecule has 0 aliphatic rings. The number of nitrogens with zero attached hydrogens (tertiary/aromatic N) is 1. The molecule has 8 heteroatoms. The molecular weight excluding hydrogens is 362 g/mol. The van der Waals surface area contributed by atoms with Gasteiger partial charge in [-0.1, -0.05) is 0 Å². The molecule has 0 saturated heterocycles. The number of nitrogens with one attached hydrogen (secondary N) is 2. The second-order valence-electron chi connectivity index (χ2n) is 5.59. The molecule has 2 rings (SSSR count). The molecule has 2 N–H and O–H groups in total. The zero-order valence-corrected chi connectivity index (χ0v) is 16.0. The molecule has 0 aromatic heterocycles. The Labute approximate surface area is 163 Å². The highest BCUT2D eigenvalue weighted by molar-refractivity contribution is 6.03. The Balaban J connectivity index is 1.83. The summed E-state index contributed by atoms with van der Waals surface area (Å²) < 4.78 is 15.7. The van der Waals surface area contributed by atoms with Crippen molar-refractivity contribution in [1.29, 1.82) is 0 Å². The first-order valence-corrected chi connectivity index (χ1v) is 8.62. The van der Waals surface area contributed by atoms with Gasteiger partial charge in [0.25, 0.3) is 0 Å². The van der Waals surface area contributed by atoms with E-state index in [1.54, 1.807) is 49.6 Å². The van der Waals surface area contributed by atoms with Crippen LogP contribution in [0.15, 0.2) is 47.6 Å². The van der Waals surface area contributed by atoms with Crippen LogP contribution in [0, 0.1) is 0 Å². The lowest BCUT2D eigenvalue weighted by Crippen LogP contribution is -2.24. The number of benzene rings is 2. The SMILES string of the molecule is CCOc1ccc(NC(=O)CC(=O)NN=Cc2ccc(OC)c(OC)c2)cc1. The third kappa shape index (κ3) is 6.31. The van der Waals surface area contributed by atoms with Gasteiger partial charge in [-0.2, -0.15) is 5.10 Å². The lowest BCUT2D eigenvalue weighted by Gasteiger charge is -2.07. The van der Waals surface area contributed by atoms with E-state index in [9.17, 15) is 9.59 Å². The summed E-state index contributed by atoms with van der Waals surface area (Å²) in [6.45, 7) is 2.46. The summed E-state index contributed by atoms with van der Waals surface area (Å²) in [6, 6.07) is 12.1. The van der Waals surface area contributed by atoms with E-state index in [4.69, 9.17) is 14.2 Å². The lowest BCUT2D eigenvalue weighted by molar-refractivity contribution is -0.126. The van der Waals surface area contributed by atoms with Crippen molar-refractivity contribution in [2.45, 2.75) is 13.3 Å². The van der Waals surface area contributed by atoms with Crippen molar-refractivity contribution in [3.8, 4) is 17.2 Å².